The van der Waals surface area contributed by atoms with E-state index in [0.29, 0.717) is 18.8 Å². The van der Waals surface area contributed by atoms with E-state index in [4.69, 9.17) is 13.9 Å². The topological polar surface area (TPSA) is 141 Å². The molecule has 1 fully saturated rings. The SMILES string of the molecule is CCCC[Si](C)(C)OC[C@H]1O[C@@H](n2cnc3c(=O)[nH]c(NC(=O)COc4ccccc4)nc32)C[C@@H]1O. The second-order valence-corrected chi connectivity index (χ2v) is 13.8. The highest BCUT2D eigenvalue weighted by Gasteiger charge is 2.37. The van der Waals surface area contributed by atoms with E-state index in [0.717, 1.165) is 18.9 Å². The minimum Gasteiger partial charge on any atom is -0.484 e. The van der Waals surface area contributed by atoms with E-state index >= 15 is 0 Å². The van der Waals surface area contributed by atoms with E-state index in [1.807, 2.05) is 6.07 Å². The van der Waals surface area contributed by atoms with Crippen LogP contribution < -0.4 is 15.6 Å². The Kier molecular flexibility index (Phi) is 8.19. The molecule has 2 aromatic heterocycles. The zero-order valence-electron chi connectivity index (χ0n) is 20.8. The van der Waals surface area contributed by atoms with Gasteiger partial charge in [0.1, 0.15) is 18.1 Å². The number of rotatable bonds is 11. The molecule has 1 saturated heterocycles. The van der Waals surface area contributed by atoms with E-state index in [-0.39, 0.29) is 23.7 Å². The first kappa shape index (κ1) is 26.0. The fourth-order valence-corrected chi connectivity index (χ4v) is 6.01. The largest absolute Gasteiger partial charge is 0.484 e. The van der Waals surface area contributed by atoms with Crippen LogP contribution in [0.3, 0.4) is 0 Å². The van der Waals surface area contributed by atoms with Crippen LogP contribution in [0.4, 0.5) is 5.95 Å². The molecule has 1 aromatic carbocycles. The average Bonchev–Trinajstić information content (AvgIpc) is 3.44. The molecule has 3 atom stereocenters. The third kappa shape index (κ3) is 6.38. The highest BCUT2D eigenvalue weighted by molar-refractivity contribution is 6.71. The number of nitrogens with zero attached hydrogens (tertiary/aromatic N) is 3. The summed E-state index contributed by atoms with van der Waals surface area (Å²) in [5, 5.41) is 13.1. The van der Waals surface area contributed by atoms with E-state index in [2.05, 4.69) is 40.3 Å². The van der Waals surface area contributed by atoms with Crippen molar-refractivity contribution in [3.8, 4) is 5.75 Å². The molecule has 0 spiro atoms. The van der Waals surface area contributed by atoms with Crippen LogP contribution in [0.25, 0.3) is 11.2 Å². The molecule has 194 valence electrons. The van der Waals surface area contributed by atoms with Crippen LogP contribution in [0.15, 0.2) is 41.5 Å². The molecule has 3 aromatic rings. The Balaban J connectivity index is 1.43. The summed E-state index contributed by atoms with van der Waals surface area (Å²) < 4.78 is 19.3. The number of hydrogen-bond acceptors (Lipinski definition) is 8. The quantitative estimate of drug-likeness (QED) is 0.331. The lowest BCUT2D eigenvalue weighted by Crippen LogP contribution is -2.36. The minimum absolute atomic E-state index is 0.0296. The van der Waals surface area contributed by atoms with Gasteiger partial charge in [-0.15, -0.1) is 0 Å². The van der Waals surface area contributed by atoms with Crippen molar-refractivity contribution in [3.05, 3.63) is 47.0 Å². The normalized spacial score (nSPS) is 20.1. The van der Waals surface area contributed by atoms with Gasteiger partial charge in [-0.3, -0.25) is 24.5 Å². The summed E-state index contributed by atoms with van der Waals surface area (Å²) in [5.74, 6) is 0.0413. The van der Waals surface area contributed by atoms with E-state index in [1.54, 1.807) is 28.8 Å². The Bertz CT molecular complexity index is 1230. The smallest absolute Gasteiger partial charge is 0.280 e. The number of aromatic nitrogens is 4. The van der Waals surface area contributed by atoms with Crippen LogP contribution in [0.1, 0.15) is 32.4 Å². The number of carbonyl (C=O) groups excluding carboxylic acids is 1. The summed E-state index contributed by atoms with van der Waals surface area (Å²) in [5.41, 5.74) is -0.144. The zero-order chi connectivity index (χ0) is 25.7. The molecular weight excluding hydrogens is 482 g/mol. The molecule has 12 heteroatoms. The van der Waals surface area contributed by atoms with Gasteiger partial charge < -0.3 is 19.0 Å². The predicted octanol–water partition coefficient (Wildman–Crippen LogP) is 2.81. The number of imidazole rings is 1. The molecule has 36 heavy (non-hydrogen) atoms. The number of aliphatic hydroxyl groups is 1. The third-order valence-corrected chi connectivity index (χ3v) is 8.59. The number of anilines is 1. The molecule has 1 aliphatic heterocycles. The number of hydrogen-bond donors (Lipinski definition) is 3. The van der Waals surface area contributed by atoms with Crippen molar-refractivity contribution in [1.29, 1.82) is 0 Å². The lowest BCUT2D eigenvalue weighted by atomic mass is 10.2. The van der Waals surface area contributed by atoms with Crippen molar-refractivity contribution in [2.45, 2.75) is 63.8 Å². The second-order valence-electron chi connectivity index (χ2n) is 9.49. The number of para-hydroxylation sites is 1. The summed E-state index contributed by atoms with van der Waals surface area (Å²) in [6.07, 6.45) is 2.21. The van der Waals surface area contributed by atoms with Crippen LogP contribution in [-0.2, 0) is 14.0 Å². The number of amides is 1. The second kappa shape index (κ2) is 11.3. The summed E-state index contributed by atoms with van der Waals surface area (Å²) in [7, 11) is -1.83. The molecule has 3 N–H and O–H groups in total. The molecule has 3 heterocycles. The molecular formula is C24H33N5O6Si. The fraction of sp³-hybridized carbons (Fsp3) is 0.500. The number of carbonyl (C=O) groups is 1. The Labute approximate surface area is 209 Å². The Morgan fingerprint density at radius 2 is 2.11 bits per heavy atom. The Hall–Kier alpha value is -3.06. The highest BCUT2D eigenvalue weighted by Crippen LogP contribution is 2.31. The van der Waals surface area contributed by atoms with Crippen LogP contribution >= 0.6 is 0 Å². The van der Waals surface area contributed by atoms with Crippen LogP contribution in [0.5, 0.6) is 5.75 Å². The lowest BCUT2D eigenvalue weighted by Gasteiger charge is -2.25. The number of nitrogens with one attached hydrogen (secondary N) is 2. The maximum atomic E-state index is 12.6. The predicted molar refractivity (Wildman–Crippen MR) is 136 cm³/mol. The number of fused-ring (bicyclic) bond motifs is 1. The van der Waals surface area contributed by atoms with E-state index in [1.165, 1.54) is 6.33 Å². The van der Waals surface area contributed by atoms with Gasteiger partial charge in [-0.25, -0.2) is 4.98 Å². The van der Waals surface area contributed by atoms with Gasteiger partial charge >= 0.3 is 0 Å². The van der Waals surface area contributed by atoms with Gasteiger partial charge in [0.05, 0.1) is 19.0 Å². The lowest BCUT2D eigenvalue weighted by molar-refractivity contribution is -0.118. The molecule has 1 aliphatic rings. The minimum atomic E-state index is -1.83. The molecule has 11 nitrogen and oxygen atoms in total. The standard InChI is InChI=1S/C24H33N5O6Si/c1-4-5-11-36(2,3)34-13-18-17(30)12-20(35-18)29-15-25-21-22(29)27-24(28-23(21)32)26-19(31)14-33-16-9-7-6-8-10-16/h6-10,15,17-18,20,30H,4-5,11-14H2,1-3H3,(H2,26,27,28,31,32)/t17-,18+,20+/m0/s1. The molecule has 0 aliphatic carbocycles. The van der Waals surface area contributed by atoms with Crippen molar-refractivity contribution >= 4 is 31.3 Å². The van der Waals surface area contributed by atoms with Gasteiger partial charge in [0.15, 0.2) is 26.1 Å². The number of benzene rings is 1. The maximum Gasteiger partial charge on any atom is 0.280 e. The molecule has 0 radical (unpaired) electrons. The average molecular weight is 516 g/mol. The highest BCUT2D eigenvalue weighted by atomic mass is 28.4. The summed E-state index contributed by atoms with van der Waals surface area (Å²) in [6, 6.07) is 9.98. The van der Waals surface area contributed by atoms with Crippen molar-refractivity contribution in [2.24, 2.45) is 0 Å². The van der Waals surface area contributed by atoms with Crippen LogP contribution in [0, 0.1) is 0 Å². The summed E-state index contributed by atoms with van der Waals surface area (Å²) in [6.45, 7) is 6.55. The molecule has 0 unspecified atom stereocenters. The van der Waals surface area contributed by atoms with Gasteiger partial charge in [-0.2, -0.15) is 4.98 Å². The van der Waals surface area contributed by atoms with Gasteiger partial charge in [0.25, 0.3) is 11.5 Å². The van der Waals surface area contributed by atoms with E-state index < -0.39 is 38.2 Å². The van der Waals surface area contributed by atoms with Gasteiger partial charge in [-0.1, -0.05) is 38.0 Å². The number of unbranched alkanes of at least 4 members (excludes halogenated alkanes) is 1. The first-order valence-electron chi connectivity index (χ1n) is 12.2. The number of H-pyrrole nitrogens is 1. The van der Waals surface area contributed by atoms with Crippen molar-refractivity contribution in [2.75, 3.05) is 18.5 Å². The van der Waals surface area contributed by atoms with Crippen molar-refractivity contribution in [3.63, 3.8) is 0 Å². The number of aliphatic hydroxyl groups excluding tert-OH is 1. The summed E-state index contributed by atoms with van der Waals surface area (Å²) in [4.78, 5) is 35.9. The van der Waals surface area contributed by atoms with E-state index in [9.17, 15) is 14.7 Å². The monoisotopic (exact) mass is 515 g/mol. The molecule has 0 saturated carbocycles. The molecule has 4 rings (SSSR count). The van der Waals surface area contributed by atoms with Gasteiger partial charge in [0.2, 0.25) is 5.95 Å². The summed E-state index contributed by atoms with van der Waals surface area (Å²) >= 11 is 0. The van der Waals surface area contributed by atoms with Crippen molar-refractivity contribution < 1.29 is 23.8 Å². The van der Waals surface area contributed by atoms with Crippen LogP contribution in [0.2, 0.25) is 19.1 Å². The van der Waals surface area contributed by atoms with Crippen LogP contribution in [-0.4, -0.2) is 64.3 Å². The first-order valence-corrected chi connectivity index (χ1v) is 15.3. The third-order valence-electron chi connectivity index (χ3n) is 6.09. The van der Waals surface area contributed by atoms with Crippen molar-refractivity contribution in [1.82, 2.24) is 19.5 Å². The number of aromatic amines is 1. The maximum absolute atomic E-state index is 12.6. The Morgan fingerprint density at radius 1 is 1.33 bits per heavy atom. The molecule has 1 amide bonds. The van der Waals surface area contributed by atoms with Gasteiger partial charge in [-0.05, 0) is 31.3 Å². The molecule has 0 bridgehead atoms. The zero-order valence-corrected chi connectivity index (χ0v) is 21.8. The fourth-order valence-electron chi connectivity index (χ4n) is 4.05. The number of ether oxygens (including phenoxy) is 2. The first-order chi connectivity index (χ1) is 17.3. The van der Waals surface area contributed by atoms with Gasteiger partial charge in [0, 0.05) is 6.42 Å². The Morgan fingerprint density at radius 3 is 2.86 bits per heavy atom.